The SMILES string of the molecule is Oc1ccc([C@@H](O)CNC2CCN(c3ncnc4ccsc34)CC2)cc1. The summed E-state index contributed by atoms with van der Waals surface area (Å²) in [4.78, 5) is 11.1. The zero-order valence-corrected chi connectivity index (χ0v) is 15.2. The summed E-state index contributed by atoms with van der Waals surface area (Å²) < 4.78 is 1.15. The maximum absolute atomic E-state index is 10.3. The van der Waals surface area contributed by atoms with Crippen LogP contribution in [0.5, 0.6) is 5.75 Å². The number of anilines is 1. The van der Waals surface area contributed by atoms with Gasteiger partial charge >= 0.3 is 0 Å². The fourth-order valence-electron chi connectivity index (χ4n) is 3.39. The topological polar surface area (TPSA) is 81.5 Å². The van der Waals surface area contributed by atoms with Crippen molar-refractivity contribution in [3.63, 3.8) is 0 Å². The molecule has 1 saturated heterocycles. The minimum Gasteiger partial charge on any atom is -0.508 e. The molecule has 3 heterocycles. The Bertz CT molecular complexity index is 859. The van der Waals surface area contributed by atoms with Crippen LogP contribution in [-0.4, -0.2) is 45.9 Å². The first-order valence-corrected chi connectivity index (χ1v) is 9.72. The van der Waals surface area contributed by atoms with E-state index in [9.17, 15) is 10.2 Å². The fraction of sp³-hybridized carbons (Fsp3) is 0.368. The van der Waals surface area contributed by atoms with Crippen molar-refractivity contribution in [3.8, 4) is 5.75 Å². The van der Waals surface area contributed by atoms with E-state index in [1.807, 2.05) is 6.07 Å². The van der Waals surface area contributed by atoms with E-state index in [0.717, 1.165) is 47.5 Å². The molecule has 6 nitrogen and oxygen atoms in total. The van der Waals surface area contributed by atoms with Gasteiger partial charge in [-0.05, 0) is 42.0 Å². The number of aromatic nitrogens is 2. The van der Waals surface area contributed by atoms with E-state index in [1.54, 1.807) is 41.9 Å². The van der Waals surface area contributed by atoms with Crippen molar-refractivity contribution >= 4 is 27.4 Å². The number of fused-ring (bicyclic) bond motifs is 1. The maximum Gasteiger partial charge on any atom is 0.150 e. The van der Waals surface area contributed by atoms with Crippen LogP contribution in [0, 0.1) is 0 Å². The molecule has 0 radical (unpaired) electrons. The molecule has 7 heteroatoms. The van der Waals surface area contributed by atoms with E-state index in [-0.39, 0.29) is 5.75 Å². The number of aliphatic hydroxyl groups excluding tert-OH is 1. The van der Waals surface area contributed by atoms with Crippen molar-refractivity contribution in [1.82, 2.24) is 15.3 Å². The van der Waals surface area contributed by atoms with Crippen molar-refractivity contribution in [2.45, 2.75) is 25.0 Å². The molecule has 1 fully saturated rings. The molecule has 2 aromatic heterocycles. The van der Waals surface area contributed by atoms with E-state index in [2.05, 4.69) is 25.6 Å². The second-order valence-electron chi connectivity index (χ2n) is 6.61. The molecule has 4 rings (SSSR count). The summed E-state index contributed by atoms with van der Waals surface area (Å²) >= 11 is 1.69. The molecule has 0 aliphatic carbocycles. The summed E-state index contributed by atoms with van der Waals surface area (Å²) in [6, 6.07) is 9.13. The largest absolute Gasteiger partial charge is 0.508 e. The highest BCUT2D eigenvalue weighted by Crippen LogP contribution is 2.29. The first-order chi connectivity index (χ1) is 12.7. The third-order valence-electron chi connectivity index (χ3n) is 4.90. The molecular weight excluding hydrogens is 348 g/mol. The molecule has 1 atom stereocenters. The Morgan fingerprint density at radius 2 is 1.92 bits per heavy atom. The summed E-state index contributed by atoms with van der Waals surface area (Å²) in [7, 11) is 0. The molecule has 1 aliphatic heterocycles. The van der Waals surface area contributed by atoms with Gasteiger partial charge in [0, 0.05) is 25.7 Å². The van der Waals surface area contributed by atoms with Gasteiger partial charge in [0.1, 0.15) is 17.9 Å². The summed E-state index contributed by atoms with van der Waals surface area (Å²) in [5.74, 6) is 1.25. The quantitative estimate of drug-likeness (QED) is 0.641. The Labute approximate surface area is 156 Å². The van der Waals surface area contributed by atoms with Gasteiger partial charge < -0.3 is 20.4 Å². The average molecular weight is 370 g/mol. The third-order valence-corrected chi connectivity index (χ3v) is 5.80. The van der Waals surface area contributed by atoms with Crippen molar-refractivity contribution in [1.29, 1.82) is 0 Å². The molecule has 1 aliphatic rings. The Kier molecular flexibility index (Phi) is 5.01. The van der Waals surface area contributed by atoms with Gasteiger partial charge in [0.25, 0.3) is 0 Å². The minimum atomic E-state index is -0.568. The number of thiophene rings is 1. The fourth-order valence-corrected chi connectivity index (χ4v) is 4.25. The molecule has 3 N–H and O–H groups in total. The molecule has 1 aromatic carbocycles. The van der Waals surface area contributed by atoms with E-state index < -0.39 is 6.10 Å². The van der Waals surface area contributed by atoms with Gasteiger partial charge in [-0.1, -0.05) is 12.1 Å². The second kappa shape index (κ2) is 7.57. The first kappa shape index (κ1) is 17.2. The first-order valence-electron chi connectivity index (χ1n) is 8.84. The van der Waals surface area contributed by atoms with Crippen molar-refractivity contribution in [2.24, 2.45) is 0 Å². The molecular formula is C19H22N4O2S. The lowest BCUT2D eigenvalue weighted by molar-refractivity contribution is 0.167. The normalized spacial score (nSPS) is 16.9. The van der Waals surface area contributed by atoms with Crippen LogP contribution in [0.3, 0.4) is 0 Å². The van der Waals surface area contributed by atoms with Gasteiger partial charge in [-0.25, -0.2) is 9.97 Å². The van der Waals surface area contributed by atoms with Crippen molar-refractivity contribution in [2.75, 3.05) is 24.5 Å². The van der Waals surface area contributed by atoms with Crippen LogP contribution >= 0.6 is 11.3 Å². The van der Waals surface area contributed by atoms with Crippen molar-refractivity contribution in [3.05, 3.63) is 47.6 Å². The van der Waals surface area contributed by atoms with Gasteiger partial charge in [0.2, 0.25) is 0 Å². The molecule has 26 heavy (non-hydrogen) atoms. The Morgan fingerprint density at radius 1 is 1.15 bits per heavy atom. The monoisotopic (exact) mass is 370 g/mol. The number of phenols is 1. The standard InChI is InChI=1S/C19H22N4O2S/c24-15-3-1-13(2-4-15)17(25)11-20-14-5-8-23(9-6-14)19-18-16(7-10-26-18)21-12-22-19/h1-4,7,10,12,14,17,20,24-25H,5-6,8-9,11H2/t17-/m0/s1. The Balaban J connectivity index is 1.31. The van der Waals surface area contributed by atoms with Crippen LogP contribution in [0.1, 0.15) is 24.5 Å². The van der Waals surface area contributed by atoms with Crippen LogP contribution in [0.4, 0.5) is 5.82 Å². The predicted molar refractivity (Wildman–Crippen MR) is 104 cm³/mol. The lowest BCUT2D eigenvalue weighted by Crippen LogP contribution is -2.44. The molecule has 136 valence electrons. The third kappa shape index (κ3) is 3.65. The van der Waals surface area contributed by atoms with Crippen molar-refractivity contribution < 1.29 is 10.2 Å². The summed E-state index contributed by atoms with van der Waals surface area (Å²) in [5, 5.41) is 25.2. The minimum absolute atomic E-state index is 0.214. The number of nitrogens with one attached hydrogen (secondary N) is 1. The van der Waals surface area contributed by atoms with Gasteiger partial charge in [-0.3, -0.25) is 0 Å². The average Bonchev–Trinajstić information content (AvgIpc) is 3.16. The number of hydrogen-bond acceptors (Lipinski definition) is 7. The van der Waals surface area contributed by atoms with E-state index >= 15 is 0 Å². The van der Waals surface area contributed by atoms with E-state index in [1.165, 1.54) is 0 Å². The number of rotatable bonds is 5. The lowest BCUT2D eigenvalue weighted by Gasteiger charge is -2.33. The van der Waals surface area contributed by atoms with Gasteiger partial charge in [-0.2, -0.15) is 0 Å². The molecule has 0 amide bonds. The molecule has 0 saturated carbocycles. The van der Waals surface area contributed by atoms with E-state index in [0.29, 0.717) is 12.6 Å². The van der Waals surface area contributed by atoms with Crippen LogP contribution in [0.15, 0.2) is 42.0 Å². The molecule has 3 aromatic rings. The Hall–Kier alpha value is -2.22. The number of piperidine rings is 1. The van der Waals surface area contributed by atoms with Gasteiger partial charge in [0.05, 0.1) is 16.3 Å². The highest BCUT2D eigenvalue weighted by Gasteiger charge is 2.22. The molecule has 0 bridgehead atoms. The van der Waals surface area contributed by atoms with Crippen LogP contribution < -0.4 is 10.2 Å². The number of aliphatic hydroxyl groups is 1. The number of hydrogen-bond donors (Lipinski definition) is 3. The van der Waals surface area contributed by atoms with Gasteiger partial charge in [-0.15, -0.1) is 11.3 Å². The smallest absolute Gasteiger partial charge is 0.150 e. The van der Waals surface area contributed by atoms with Crippen LogP contribution in [0.2, 0.25) is 0 Å². The lowest BCUT2D eigenvalue weighted by atomic mass is 10.0. The molecule has 0 unspecified atom stereocenters. The number of benzene rings is 1. The summed E-state index contributed by atoms with van der Waals surface area (Å²) in [6.45, 7) is 2.39. The van der Waals surface area contributed by atoms with E-state index in [4.69, 9.17) is 0 Å². The molecule has 0 spiro atoms. The second-order valence-corrected chi connectivity index (χ2v) is 7.53. The summed E-state index contributed by atoms with van der Waals surface area (Å²) in [6.07, 6.45) is 3.10. The maximum atomic E-state index is 10.3. The summed E-state index contributed by atoms with van der Waals surface area (Å²) in [5.41, 5.74) is 1.83. The highest BCUT2D eigenvalue weighted by molar-refractivity contribution is 7.17. The number of phenolic OH excluding ortho intramolecular Hbond substituents is 1. The zero-order valence-electron chi connectivity index (χ0n) is 14.4. The predicted octanol–water partition coefficient (Wildman–Crippen LogP) is 2.69. The van der Waals surface area contributed by atoms with Crippen LogP contribution in [-0.2, 0) is 0 Å². The number of nitrogens with zero attached hydrogens (tertiary/aromatic N) is 3. The Morgan fingerprint density at radius 3 is 2.69 bits per heavy atom. The zero-order chi connectivity index (χ0) is 17.9. The van der Waals surface area contributed by atoms with Gasteiger partial charge in [0.15, 0.2) is 0 Å². The number of aromatic hydroxyl groups is 1. The highest BCUT2D eigenvalue weighted by atomic mass is 32.1. The van der Waals surface area contributed by atoms with Crippen LogP contribution in [0.25, 0.3) is 10.2 Å².